The van der Waals surface area contributed by atoms with Crippen molar-refractivity contribution in [3.8, 4) is 0 Å². The molecule has 1 amide bonds. The molecule has 0 aromatic heterocycles. The molecule has 3 nitrogen and oxygen atoms in total. The van der Waals surface area contributed by atoms with E-state index in [1.165, 1.54) is 19.3 Å². The molecule has 2 aliphatic rings. The fourth-order valence-corrected chi connectivity index (χ4v) is 2.95. The van der Waals surface area contributed by atoms with E-state index in [0.717, 1.165) is 12.3 Å². The zero-order chi connectivity index (χ0) is 12.6. The van der Waals surface area contributed by atoms with Crippen molar-refractivity contribution in [2.45, 2.75) is 71.6 Å². The summed E-state index contributed by atoms with van der Waals surface area (Å²) in [5.41, 5.74) is 0. The van der Waals surface area contributed by atoms with Gasteiger partial charge in [-0.3, -0.25) is 10.1 Å². The second-order valence-corrected chi connectivity index (χ2v) is 5.98. The van der Waals surface area contributed by atoms with E-state index in [0.29, 0.717) is 17.9 Å². The van der Waals surface area contributed by atoms with Gasteiger partial charge < -0.3 is 4.90 Å². The van der Waals surface area contributed by atoms with Crippen LogP contribution >= 0.6 is 0 Å². The van der Waals surface area contributed by atoms with Crippen molar-refractivity contribution >= 4 is 5.91 Å². The summed E-state index contributed by atoms with van der Waals surface area (Å²) in [4.78, 5) is 14.5. The molecule has 0 bridgehead atoms. The highest BCUT2D eigenvalue weighted by atomic mass is 16.2. The first-order valence-corrected chi connectivity index (χ1v) is 7.12. The third kappa shape index (κ3) is 2.65. The average molecular weight is 238 g/mol. The Bertz CT molecular complexity index is 288. The molecule has 17 heavy (non-hydrogen) atoms. The standard InChI is InChI=1S/C14H26N2O/c1-5-9(2)13-14(17)16(11(4)15-13)10(3)8-12-6-7-12/h9-13,15H,5-8H2,1-4H3. The van der Waals surface area contributed by atoms with Gasteiger partial charge in [0.2, 0.25) is 5.91 Å². The van der Waals surface area contributed by atoms with Crippen LogP contribution in [0, 0.1) is 11.8 Å². The lowest BCUT2D eigenvalue weighted by atomic mass is 9.99. The van der Waals surface area contributed by atoms with E-state index in [2.05, 4.69) is 37.9 Å². The molecule has 98 valence electrons. The van der Waals surface area contributed by atoms with E-state index in [4.69, 9.17) is 0 Å². The number of amides is 1. The monoisotopic (exact) mass is 238 g/mol. The first-order chi connectivity index (χ1) is 8.04. The lowest BCUT2D eigenvalue weighted by Gasteiger charge is -2.28. The molecule has 0 aromatic rings. The van der Waals surface area contributed by atoms with Gasteiger partial charge in [-0.2, -0.15) is 0 Å². The summed E-state index contributed by atoms with van der Waals surface area (Å²) in [5.74, 6) is 1.63. The van der Waals surface area contributed by atoms with Crippen LogP contribution in [0.1, 0.15) is 53.4 Å². The van der Waals surface area contributed by atoms with Gasteiger partial charge in [0.05, 0.1) is 12.2 Å². The van der Waals surface area contributed by atoms with Crippen LogP contribution in [0.15, 0.2) is 0 Å². The van der Waals surface area contributed by atoms with Crippen LogP contribution in [0.25, 0.3) is 0 Å². The molecule has 1 aliphatic heterocycles. The first kappa shape index (κ1) is 12.9. The molecule has 4 atom stereocenters. The summed E-state index contributed by atoms with van der Waals surface area (Å²) in [6, 6.07) is 0.434. The second kappa shape index (κ2) is 4.97. The van der Waals surface area contributed by atoms with Crippen molar-refractivity contribution < 1.29 is 4.79 Å². The van der Waals surface area contributed by atoms with Gasteiger partial charge in [-0.15, -0.1) is 0 Å². The molecule has 4 unspecified atom stereocenters. The van der Waals surface area contributed by atoms with Gasteiger partial charge in [-0.05, 0) is 32.1 Å². The molecule has 2 rings (SSSR count). The summed E-state index contributed by atoms with van der Waals surface area (Å²) in [5, 5.41) is 3.46. The third-order valence-corrected chi connectivity index (χ3v) is 4.42. The van der Waals surface area contributed by atoms with E-state index in [9.17, 15) is 4.79 Å². The number of hydrogen-bond donors (Lipinski definition) is 1. The van der Waals surface area contributed by atoms with Crippen molar-refractivity contribution in [3.05, 3.63) is 0 Å². The number of hydrogen-bond acceptors (Lipinski definition) is 2. The van der Waals surface area contributed by atoms with E-state index < -0.39 is 0 Å². The molecule has 1 heterocycles. The van der Waals surface area contributed by atoms with Gasteiger partial charge in [0.1, 0.15) is 0 Å². The van der Waals surface area contributed by atoms with Crippen LogP contribution in [0.3, 0.4) is 0 Å². The van der Waals surface area contributed by atoms with Crippen LogP contribution in [-0.4, -0.2) is 29.1 Å². The predicted molar refractivity (Wildman–Crippen MR) is 69.5 cm³/mol. The molecular formula is C14H26N2O. The molecule has 1 saturated carbocycles. The minimum Gasteiger partial charge on any atom is -0.323 e. The van der Waals surface area contributed by atoms with Crippen LogP contribution in [-0.2, 0) is 4.79 Å². The maximum atomic E-state index is 12.4. The Kier molecular flexibility index (Phi) is 3.76. The van der Waals surface area contributed by atoms with Crippen molar-refractivity contribution in [1.82, 2.24) is 10.2 Å². The lowest BCUT2D eigenvalue weighted by Crippen LogP contribution is -2.42. The summed E-state index contributed by atoms with van der Waals surface area (Å²) < 4.78 is 0. The molecule has 1 aliphatic carbocycles. The average Bonchev–Trinajstić information content (AvgIpc) is 3.03. The van der Waals surface area contributed by atoms with Crippen molar-refractivity contribution in [2.24, 2.45) is 11.8 Å². The van der Waals surface area contributed by atoms with Crippen molar-refractivity contribution in [2.75, 3.05) is 0 Å². The number of rotatable bonds is 5. The van der Waals surface area contributed by atoms with Gasteiger partial charge >= 0.3 is 0 Å². The highest BCUT2D eigenvalue weighted by Gasteiger charge is 2.41. The minimum absolute atomic E-state index is 0.0386. The maximum Gasteiger partial charge on any atom is 0.241 e. The molecule has 1 saturated heterocycles. The summed E-state index contributed by atoms with van der Waals surface area (Å²) in [6.07, 6.45) is 5.17. The molecule has 0 radical (unpaired) electrons. The van der Waals surface area contributed by atoms with E-state index in [1.807, 2.05) is 0 Å². The zero-order valence-electron chi connectivity index (χ0n) is 11.6. The van der Waals surface area contributed by atoms with Crippen molar-refractivity contribution in [3.63, 3.8) is 0 Å². The molecule has 0 spiro atoms. The van der Waals surface area contributed by atoms with Gasteiger partial charge in [0, 0.05) is 6.04 Å². The summed E-state index contributed by atoms with van der Waals surface area (Å²) in [6.45, 7) is 8.63. The highest BCUT2D eigenvalue weighted by molar-refractivity contribution is 5.84. The fraction of sp³-hybridized carbons (Fsp3) is 0.929. The number of carbonyl (C=O) groups is 1. The van der Waals surface area contributed by atoms with Crippen molar-refractivity contribution in [1.29, 1.82) is 0 Å². The second-order valence-electron chi connectivity index (χ2n) is 5.98. The normalized spacial score (nSPS) is 32.9. The zero-order valence-corrected chi connectivity index (χ0v) is 11.6. The van der Waals surface area contributed by atoms with Gasteiger partial charge in [0.15, 0.2) is 0 Å². The lowest BCUT2D eigenvalue weighted by molar-refractivity contribution is -0.132. The Morgan fingerprint density at radius 3 is 2.59 bits per heavy atom. The van der Waals surface area contributed by atoms with E-state index >= 15 is 0 Å². The Labute approximate surface area is 105 Å². The Morgan fingerprint density at radius 2 is 2.06 bits per heavy atom. The Hall–Kier alpha value is -0.570. The molecule has 3 heteroatoms. The molecule has 1 N–H and O–H groups in total. The Balaban J connectivity index is 1.99. The van der Waals surface area contributed by atoms with Gasteiger partial charge in [-0.1, -0.05) is 33.1 Å². The molecular weight excluding hydrogens is 212 g/mol. The fourth-order valence-electron chi connectivity index (χ4n) is 2.95. The van der Waals surface area contributed by atoms with Crippen LogP contribution < -0.4 is 5.32 Å². The van der Waals surface area contributed by atoms with Crippen LogP contribution in [0.5, 0.6) is 0 Å². The number of carbonyl (C=O) groups excluding carboxylic acids is 1. The molecule has 2 fully saturated rings. The summed E-state index contributed by atoms with van der Waals surface area (Å²) >= 11 is 0. The van der Waals surface area contributed by atoms with Crippen LogP contribution in [0.2, 0.25) is 0 Å². The largest absolute Gasteiger partial charge is 0.323 e. The highest BCUT2D eigenvalue weighted by Crippen LogP contribution is 2.35. The van der Waals surface area contributed by atoms with Gasteiger partial charge in [-0.25, -0.2) is 0 Å². The SMILES string of the molecule is CCC(C)C1NC(C)N(C(C)CC2CC2)C1=O. The number of nitrogens with one attached hydrogen (secondary N) is 1. The van der Waals surface area contributed by atoms with E-state index in [-0.39, 0.29) is 12.2 Å². The topological polar surface area (TPSA) is 32.3 Å². The predicted octanol–water partition coefficient (Wildman–Crippen LogP) is 2.37. The maximum absolute atomic E-state index is 12.4. The van der Waals surface area contributed by atoms with Gasteiger partial charge in [0.25, 0.3) is 0 Å². The van der Waals surface area contributed by atoms with E-state index in [1.54, 1.807) is 0 Å². The van der Waals surface area contributed by atoms with Crippen LogP contribution in [0.4, 0.5) is 0 Å². The number of nitrogens with zero attached hydrogens (tertiary/aromatic N) is 1. The molecule has 0 aromatic carbocycles. The Morgan fingerprint density at radius 1 is 1.41 bits per heavy atom. The summed E-state index contributed by atoms with van der Waals surface area (Å²) in [7, 11) is 0. The smallest absolute Gasteiger partial charge is 0.241 e. The first-order valence-electron chi connectivity index (χ1n) is 7.12. The quantitative estimate of drug-likeness (QED) is 0.797. The third-order valence-electron chi connectivity index (χ3n) is 4.42. The minimum atomic E-state index is 0.0386.